The van der Waals surface area contributed by atoms with Crippen LogP contribution in [0.3, 0.4) is 0 Å². The van der Waals surface area contributed by atoms with Crippen molar-refractivity contribution in [1.82, 2.24) is 11.0 Å². The van der Waals surface area contributed by atoms with Crippen LogP contribution in [0.15, 0.2) is 115 Å². The van der Waals surface area contributed by atoms with Crippen LogP contribution in [0.2, 0.25) is 0 Å². The Bertz CT molecular complexity index is 2640. The molecule has 0 radical (unpaired) electrons. The number of benzene rings is 4. The molecular formula is C43H43BrN4O15. The minimum atomic E-state index is -0.666. The number of carbonyl (C=O) groups is 2. The number of nitrogens with one attached hydrogen (secondary N) is 2. The van der Waals surface area contributed by atoms with E-state index in [-0.39, 0.29) is 18.0 Å². The van der Waals surface area contributed by atoms with Crippen molar-refractivity contribution in [1.29, 1.82) is 0 Å². The summed E-state index contributed by atoms with van der Waals surface area (Å²) in [5.41, 5.74) is 4.38. The Hall–Kier alpha value is -7.16. The van der Waals surface area contributed by atoms with Gasteiger partial charge in [-0.05, 0) is 99.0 Å². The van der Waals surface area contributed by atoms with Crippen molar-refractivity contribution in [3.8, 4) is 33.8 Å². The molecule has 0 spiro atoms. The van der Waals surface area contributed by atoms with Crippen LogP contribution in [-0.2, 0) is 14.4 Å². The minimum absolute atomic E-state index is 0.0285. The van der Waals surface area contributed by atoms with Crippen LogP contribution in [0.1, 0.15) is 40.5 Å². The summed E-state index contributed by atoms with van der Waals surface area (Å²) in [6.07, 6.45) is 0.707. The molecule has 0 aliphatic rings. The number of hydrogen-bond acceptors (Lipinski definition) is 15. The molecule has 0 aliphatic heterocycles. The highest BCUT2D eigenvalue weighted by atomic mass is 79.9. The van der Waals surface area contributed by atoms with E-state index in [0.717, 1.165) is 17.1 Å². The predicted molar refractivity (Wildman–Crippen MR) is 234 cm³/mol. The standard InChI is InChI=1S/C23H24N2O8.C18H14BrNO5.C2H5NO2/c1-23(2,3)33-22(27)24-31-12-4-11-30-18-10-7-16-13-19(21(26)32-20(16)14-18)15-5-8-17(9-6-15)25(28)29;19-8-1-9-24-15-7-4-13-10-16(18(21)25-17(13)11-15)12-2-5-14(6-3-12)20(22)23;1-2(4)3-5/h5-10,13-14H,4,11-12H2,1-3H3,(H,24,27);2-7,10-11H,1,8-9H2;5H,1H3,(H,3,4). The molecule has 6 rings (SSSR count). The number of nitrogens with zero attached hydrogens (tertiary/aromatic N) is 2. The second-order valence-corrected chi connectivity index (χ2v) is 14.9. The van der Waals surface area contributed by atoms with Gasteiger partial charge in [0, 0.05) is 65.8 Å². The van der Waals surface area contributed by atoms with Crippen LogP contribution in [0.5, 0.6) is 11.5 Å². The normalized spacial score (nSPS) is 10.7. The van der Waals surface area contributed by atoms with Gasteiger partial charge in [-0.1, -0.05) is 15.9 Å². The topological polar surface area (TPSA) is 262 Å². The van der Waals surface area contributed by atoms with Gasteiger partial charge in [0.05, 0.1) is 40.8 Å². The van der Waals surface area contributed by atoms with E-state index in [9.17, 15) is 39.4 Å². The van der Waals surface area contributed by atoms with Crippen LogP contribution in [0, 0.1) is 20.2 Å². The average Bonchev–Trinajstić information content (AvgIpc) is 3.24. The van der Waals surface area contributed by atoms with E-state index in [0.29, 0.717) is 69.9 Å². The van der Waals surface area contributed by atoms with Crippen molar-refractivity contribution in [2.45, 2.75) is 46.1 Å². The maximum absolute atomic E-state index is 12.4. The summed E-state index contributed by atoms with van der Waals surface area (Å²) < 4.78 is 27.1. The molecule has 0 saturated carbocycles. The molecule has 63 heavy (non-hydrogen) atoms. The zero-order valence-electron chi connectivity index (χ0n) is 34.4. The lowest BCUT2D eigenvalue weighted by Gasteiger charge is -2.19. The van der Waals surface area contributed by atoms with E-state index in [4.69, 9.17) is 33.1 Å². The number of ether oxygens (including phenoxy) is 3. The first-order chi connectivity index (χ1) is 30.0. The molecule has 4 aromatic carbocycles. The molecule has 0 aliphatic carbocycles. The third-order valence-electron chi connectivity index (χ3n) is 8.11. The van der Waals surface area contributed by atoms with Crippen LogP contribution >= 0.6 is 15.9 Å². The number of hydroxylamine groups is 2. The van der Waals surface area contributed by atoms with Crippen molar-refractivity contribution in [2.24, 2.45) is 0 Å². The Labute approximate surface area is 366 Å². The fraction of sp³-hybridized carbons (Fsp3) is 0.256. The summed E-state index contributed by atoms with van der Waals surface area (Å²) in [5, 5.41) is 31.4. The average molecular weight is 936 g/mol. The first-order valence-corrected chi connectivity index (χ1v) is 20.1. The van der Waals surface area contributed by atoms with Gasteiger partial charge in [0.2, 0.25) is 5.91 Å². The van der Waals surface area contributed by atoms with Crippen molar-refractivity contribution in [3.05, 3.63) is 138 Å². The first kappa shape index (κ1) is 48.5. The predicted octanol–water partition coefficient (Wildman–Crippen LogP) is 8.64. The number of nitro benzene ring substituents is 2. The van der Waals surface area contributed by atoms with Gasteiger partial charge in [0.15, 0.2) is 0 Å². The fourth-order valence-corrected chi connectivity index (χ4v) is 5.49. The first-order valence-electron chi connectivity index (χ1n) is 19.0. The number of halogens is 1. The summed E-state index contributed by atoms with van der Waals surface area (Å²) in [7, 11) is 0. The van der Waals surface area contributed by atoms with Gasteiger partial charge in [0.25, 0.3) is 11.4 Å². The second-order valence-electron chi connectivity index (χ2n) is 14.1. The second kappa shape index (κ2) is 23.2. The zero-order valence-corrected chi connectivity index (χ0v) is 36.0. The van der Waals surface area contributed by atoms with E-state index >= 15 is 0 Å². The fourth-order valence-electron chi connectivity index (χ4n) is 5.27. The van der Waals surface area contributed by atoms with Crippen molar-refractivity contribution in [3.63, 3.8) is 0 Å². The molecule has 0 fully saturated rings. The van der Waals surface area contributed by atoms with E-state index < -0.39 is 38.7 Å². The van der Waals surface area contributed by atoms with Gasteiger partial charge >= 0.3 is 17.3 Å². The van der Waals surface area contributed by atoms with Gasteiger partial charge in [-0.25, -0.2) is 19.9 Å². The molecule has 2 aromatic heterocycles. The number of non-ortho nitro benzene ring substituents is 2. The van der Waals surface area contributed by atoms with Crippen LogP contribution in [-0.4, -0.2) is 57.8 Å². The van der Waals surface area contributed by atoms with Crippen molar-refractivity contribution < 1.29 is 52.5 Å². The largest absolute Gasteiger partial charge is 0.493 e. The summed E-state index contributed by atoms with van der Waals surface area (Å²) in [4.78, 5) is 71.2. The molecule has 2 heterocycles. The molecule has 6 aromatic rings. The van der Waals surface area contributed by atoms with E-state index in [1.165, 1.54) is 60.9 Å². The zero-order chi connectivity index (χ0) is 46.1. The maximum atomic E-state index is 12.4. The molecule has 2 amide bonds. The summed E-state index contributed by atoms with van der Waals surface area (Å²) in [6, 6.07) is 25.3. The highest BCUT2D eigenvalue weighted by Crippen LogP contribution is 2.27. The van der Waals surface area contributed by atoms with Gasteiger partial charge < -0.3 is 23.0 Å². The molecule has 20 heteroatoms. The highest BCUT2D eigenvalue weighted by molar-refractivity contribution is 9.09. The summed E-state index contributed by atoms with van der Waals surface area (Å²) >= 11 is 3.34. The molecule has 0 atom stereocenters. The number of amides is 2. The van der Waals surface area contributed by atoms with Gasteiger partial charge in [0.1, 0.15) is 28.3 Å². The van der Waals surface area contributed by atoms with Crippen LogP contribution in [0.25, 0.3) is 44.2 Å². The van der Waals surface area contributed by atoms with E-state index in [2.05, 4.69) is 21.4 Å². The number of rotatable bonds is 14. The Kier molecular flexibility index (Phi) is 17.8. The number of alkyl halides is 1. The molecule has 19 nitrogen and oxygen atoms in total. The molecule has 332 valence electrons. The quantitative estimate of drug-likeness (QED) is 0.0230. The third kappa shape index (κ3) is 15.4. The Morgan fingerprint density at radius 1 is 0.698 bits per heavy atom. The Morgan fingerprint density at radius 2 is 1.13 bits per heavy atom. The Balaban J connectivity index is 0.000000257. The summed E-state index contributed by atoms with van der Waals surface area (Å²) in [6.45, 7) is 7.59. The molecule has 0 unspecified atom stereocenters. The van der Waals surface area contributed by atoms with E-state index in [1.54, 1.807) is 57.2 Å². The number of hydrogen-bond donors (Lipinski definition) is 3. The highest BCUT2D eigenvalue weighted by Gasteiger charge is 2.16. The SMILES string of the molecule is CC(=O)NO.CC(C)(C)OC(=O)NOCCCOc1ccc2cc(-c3ccc([N+](=O)[O-])cc3)c(=O)oc2c1.O=c1oc2cc(OCCCBr)ccc2cc1-c1ccc([N+](=O)[O-])cc1. The van der Waals surface area contributed by atoms with Gasteiger partial charge in [-0.3, -0.25) is 35.1 Å². The van der Waals surface area contributed by atoms with E-state index in [1.807, 2.05) is 12.1 Å². The summed E-state index contributed by atoms with van der Waals surface area (Å²) in [5.74, 6) is 0.707. The minimum Gasteiger partial charge on any atom is -0.493 e. The van der Waals surface area contributed by atoms with Crippen LogP contribution in [0.4, 0.5) is 16.2 Å². The number of nitro groups is 2. The number of carbonyl (C=O) groups excluding carboxylic acids is 2. The smallest absolute Gasteiger partial charge is 0.431 e. The lowest BCUT2D eigenvalue weighted by Crippen LogP contribution is -2.32. The van der Waals surface area contributed by atoms with Crippen LogP contribution < -0.4 is 31.7 Å². The van der Waals surface area contributed by atoms with Gasteiger partial charge in [-0.15, -0.1) is 0 Å². The molecular weight excluding hydrogens is 892 g/mol. The monoisotopic (exact) mass is 934 g/mol. The Morgan fingerprint density at radius 3 is 1.51 bits per heavy atom. The van der Waals surface area contributed by atoms with Gasteiger partial charge in [-0.2, -0.15) is 5.48 Å². The lowest BCUT2D eigenvalue weighted by molar-refractivity contribution is -0.385. The maximum Gasteiger partial charge on any atom is 0.431 e. The lowest BCUT2D eigenvalue weighted by atomic mass is 10.1. The van der Waals surface area contributed by atoms with Crippen molar-refractivity contribution in [2.75, 3.05) is 25.2 Å². The number of fused-ring (bicyclic) bond motifs is 2. The molecule has 0 bridgehead atoms. The molecule has 0 saturated heterocycles. The van der Waals surface area contributed by atoms with Crippen molar-refractivity contribution >= 4 is 61.2 Å². The third-order valence-corrected chi connectivity index (χ3v) is 8.67. The molecule has 3 N–H and O–H groups in total.